The molecule has 0 spiro atoms. The summed E-state index contributed by atoms with van der Waals surface area (Å²) >= 11 is 3.46. The van der Waals surface area contributed by atoms with Gasteiger partial charge < -0.3 is 10.5 Å². The van der Waals surface area contributed by atoms with Crippen molar-refractivity contribution in [1.82, 2.24) is 0 Å². The molecular weight excluding hydrogens is 314 g/mol. The number of nitrogens with two attached hydrogens (primary N) is 1. The van der Waals surface area contributed by atoms with E-state index in [0.717, 1.165) is 23.1 Å². The molecule has 1 atom stereocenters. The number of ether oxygens (including phenoxy) is 1. The van der Waals surface area contributed by atoms with E-state index in [9.17, 15) is 0 Å². The Labute approximate surface area is 129 Å². The number of halogens is 1. The zero-order valence-corrected chi connectivity index (χ0v) is 13.3. The Hall–Kier alpha value is -1.32. The van der Waals surface area contributed by atoms with Crippen LogP contribution in [0.1, 0.15) is 11.1 Å². The maximum absolute atomic E-state index is 5.94. The molecule has 2 aromatic rings. The first-order valence-electron chi connectivity index (χ1n) is 6.79. The molecule has 0 bridgehead atoms. The number of hydrogen-bond acceptors (Lipinski definition) is 2. The second-order valence-corrected chi connectivity index (χ2v) is 5.86. The molecule has 0 saturated carbocycles. The molecule has 1 unspecified atom stereocenters. The first-order chi connectivity index (χ1) is 9.72. The highest BCUT2D eigenvalue weighted by Gasteiger charge is 2.12. The van der Waals surface area contributed by atoms with Gasteiger partial charge in [0.15, 0.2) is 0 Å². The van der Waals surface area contributed by atoms with Crippen LogP contribution >= 0.6 is 15.9 Å². The molecule has 2 N–H and O–H groups in total. The van der Waals surface area contributed by atoms with Crippen LogP contribution in [0, 0.1) is 5.92 Å². The van der Waals surface area contributed by atoms with E-state index in [2.05, 4.69) is 46.3 Å². The van der Waals surface area contributed by atoms with Crippen molar-refractivity contribution in [2.45, 2.75) is 12.8 Å². The summed E-state index contributed by atoms with van der Waals surface area (Å²) in [7, 11) is 1.71. The number of hydrogen-bond donors (Lipinski definition) is 1. The van der Waals surface area contributed by atoms with Crippen LogP contribution in [0.25, 0.3) is 0 Å². The molecule has 106 valence electrons. The average Bonchev–Trinajstić information content (AvgIpc) is 2.49. The van der Waals surface area contributed by atoms with Crippen LogP contribution < -0.4 is 10.5 Å². The first-order valence-corrected chi connectivity index (χ1v) is 7.58. The highest BCUT2D eigenvalue weighted by Crippen LogP contribution is 2.23. The van der Waals surface area contributed by atoms with Crippen LogP contribution in [0.15, 0.2) is 53.0 Å². The van der Waals surface area contributed by atoms with E-state index in [-0.39, 0.29) is 0 Å². The van der Waals surface area contributed by atoms with Crippen LogP contribution in [-0.4, -0.2) is 13.7 Å². The summed E-state index contributed by atoms with van der Waals surface area (Å²) in [5, 5.41) is 0. The second-order valence-electron chi connectivity index (χ2n) is 4.95. The van der Waals surface area contributed by atoms with Gasteiger partial charge in [0, 0.05) is 4.47 Å². The summed E-state index contributed by atoms with van der Waals surface area (Å²) in [5.41, 5.74) is 8.48. The quantitative estimate of drug-likeness (QED) is 0.872. The summed E-state index contributed by atoms with van der Waals surface area (Å²) in [6.07, 6.45) is 1.93. The molecule has 0 aliphatic rings. The fourth-order valence-corrected chi connectivity index (χ4v) is 2.64. The van der Waals surface area contributed by atoms with Crippen molar-refractivity contribution in [3.8, 4) is 5.75 Å². The van der Waals surface area contributed by atoms with Crippen molar-refractivity contribution in [2.75, 3.05) is 13.7 Å². The maximum Gasteiger partial charge on any atom is 0.122 e. The molecule has 0 amide bonds. The minimum absolute atomic E-state index is 0.424. The van der Waals surface area contributed by atoms with E-state index in [0.29, 0.717) is 12.5 Å². The molecule has 0 aliphatic heterocycles. The van der Waals surface area contributed by atoms with Gasteiger partial charge in [-0.3, -0.25) is 0 Å². The fourth-order valence-electron chi connectivity index (χ4n) is 2.38. The first kappa shape index (κ1) is 15.1. The van der Waals surface area contributed by atoms with Crippen molar-refractivity contribution < 1.29 is 4.74 Å². The van der Waals surface area contributed by atoms with Crippen molar-refractivity contribution in [3.63, 3.8) is 0 Å². The molecule has 2 aromatic carbocycles. The summed E-state index contributed by atoms with van der Waals surface area (Å²) < 4.78 is 6.52. The normalized spacial score (nSPS) is 12.2. The van der Waals surface area contributed by atoms with Gasteiger partial charge in [0.05, 0.1) is 7.11 Å². The third kappa shape index (κ3) is 4.09. The lowest BCUT2D eigenvalue weighted by Crippen LogP contribution is -2.19. The predicted octanol–water partition coefficient (Wildman–Crippen LogP) is 3.82. The lowest BCUT2D eigenvalue weighted by atomic mass is 9.92. The number of rotatable bonds is 6. The monoisotopic (exact) mass is 333 g/mol. The lowest BCUT2D eigenvalue weighted by Gasteiger charge is -2.17. The summed E-state index contributed by atoms with van der Waals surface area (Å²) in [6, 6.07) is 16.6. The highest BCUT2D eigenvalue weighted by atomic mass is 79.9. The topological polar surface area (TPSA) is 35.2 Å². The summed E-state index contributed by atoms with van der Waals surface area (Å²) in [5.74, 6) is 1.37. The molecule has 0 fully saturated rings. The Morgan fingerprint density at radius 2 is 1.75 bits per heavy atom. The summed E-state index contributed by atoms with van der Waals surface area (Å²) in [6.45, 7) is 0.675. The van der Waals surface area contributed by atoms with Gasteiger partial charge in [-0.05, 0) is 54.6 Å². The van der Waals surface area contributed by atoms with Gasteiger partial charge in [0.1, 0.15) is 5.75 Å². The molecule has 0 aromatic heterocycles. The molecule has 3 heteroatoms. The van der Waals surface area contributed by atoms with Gasteiger partial charge in [0.25, 0.3) is 0 Å². The van der Waals surface area contributed by atoms with Crippen LogP contribution in [0.5, 0.6) is 5.75 Å². The molecule has 0 radical (unpaired) electrons. The SMILES string of the molecule is COc1ccccc1CC(CN)Cc1ccc(Br)cc1. The smallest absolute Gasteiger partial charge is 0.122 e. The average molecular weight is 334 g/mol. The van der Waals surface area contributed by atoms with Gasteiger partial charge in [0.2, 0.25) is 0 Å². The Kier molecular flexibility index (Phi) is 5.62. The van der Waals surface area contributed by atoms with Gasteiger partial charge in [-0.2, -0.15) is 0 Å². The van der Waals surface area contributed by atoms with Gasteiger partial charge in [-0.25, -0.2) is 0 Å². The second kappa shape index (κ2) is 7.46. The Bertz CT molecular complexity index is 539. The van der Waals surface area contributed by atoms with E-state index in [1.165, 1.54) is 11.1 Å². The molecule has 0 heterocycles. The molecule has 0 saturated heterocycles. The van der Waals surface area contributed by atoms with Crippen LogP contribution in [0.2, 0.25) is 0 Å². The maximum atomic E-state index is 5.94. The minimum Gasteiger partial charge on any atom is -0.496 e. The van der Waals surface area contributed by atoms with E-state index in [4.69, 9.17) is 10.5 Å². The minimum atomic E-state index is 0.424. The third-order valence-electron chi connectivity index (χ3n) is 3.47. The zero-order chi connectivity index (χ0) is 14.4. The molecule has 0 aliphatic carbocycles. The zero-order valence-electron chi connectivity index (χ0n) is 11.7. The number of para-hydroxylation sites is 1. The van der Waals surface area contributed by atoms with E-state index >= 15 is 0 Å². The van der Waals surface area contributed by atoms with E-state index < -0.39 is 0 Å². The van der Waals surface area contributed by atoms with Crippen LogP contribution in [0.4, 0.5) is 0 Å². The van der Waals surface area contributed by atoms with E-state index in [1.54, 1.807) is 7.11 Å². The van der Waals surface area contributed by atoms with Gasteiger partial charge in [-0.1, -0.05) is 46.3 Å². The largest absolute Gasteiger partial charge is 0.496 e. The standard InChI is InChI=1S/C17H20BrNO/c1-20-17-5-3-2-4-15(17)11-14(12-19)10-13-6-8-16(18)9-7-13/h2-9,14H,10-12,19H2,1H3. The lowest BCUT2D eigenvalue weighted by molar-refractivity contribution is 0.404. The van der Waals surface area contributed by atoms with Crippen molar-refractivity contribution in [2.24, 2.45) is 11.7 Å². The number of benzene rings is 2. The van der Waals surface area contributed by atoms with Crippen LogP contribution in [-0.2, 0) is 12.8 Å². The molecular formula is C17H20BrNO. The highest BCUT2D eigenvalue weighted by molar-refractivity contribution is 9.10. The van der Waals surface area contributed by atoms with Crippen LogP contribution in [0.3, 0.4) is 0 Å². The van der Waals surface area contributed by atoms with E-state index in [1.807, 2.05) is 18.2 Å². The molecule has 2 rings (SSSR count). The number of methoxy groups -OCH3 is 1. The van der Waals surface area contributed by atoms with Crippen molar-refractivity contribution in [1.29, 1.82) is 0 Å². The third-order valence-corrected chi connectivity index (χ3v) is 4.00. The predicted molar refractivity (Wildman–Crippen MR) is 87.1 cm³/mol. The Balaban J connectivity index is 2.07. The van der Waals surface area contributed by atoms with Gasteiger partial charge in [-0.15, -0.1) is 0 Å². The Morgan fingerprint density at radius 1 is 1.05 bits per heavy atom. The molecule has 2 nitrogen and oxygen atoms in total. The van der Waals surface area contributed by atoms with Gasteiger partial charge >= 0.3 is 0 Å². The van der Waals surface area contributed by atoms with Crippen molar-refractivity contribution in [3.05, 3.63) is 64.1 Å². The summed E-state index contributed by atoms with van der Waals surface area (Å²) in [4.78, 5) is 0. The fraction of sp³-hybridized carbons (Fsp3) is 0.294. The van der Waals surface area contributed by atoms with Crippen molar-refractivity contribution >= 4 is 15.9 Å². The molecule has 20 heavy (non-hydrogen) atoms. The Morgan fingerprint density at radius 3 is 2.40 bits per heavy atom.